The van der Waals surface area contributed by atoms with Crippen LogP contribution in [0.1, 0.15) is 41.8 Å². The molecule has 0 bridgehead atoms. The lowest BCUT2D eigenvalue weighted by Gasteiger charge is -2.25. The molecule has 0 saturated heterocycles. The molecule has 3 N–H and O–H groups in total. The Labute approximate surface area is 206 Å². The third-order valence-corrected chi connectivity index (χ3v) is 6.47. The molecule has 34 heavy (non-hydrogen) atoms. The lowest BCUT2D eigenvalue weighted by molar-refractivity contribution is 0.223. The Morgan fingerprint density at radius 2 is 1.47 bits per heavy atom. The van der Waals surface area contributed by atoms with E-state index in [1.807, 2.05) is 24.3 Å². The van der Waals surface area contributed by atoms with Crippen LogP contribution in [-0.4, -0.2) is 53.6 Å². The van der Waals surface area contributed by atoms with Crippen molar-refractivity contribution in [1.82, 2.24) is 4.90 Å². The van der Waals surface area contributed by atoms with Crippen LogP contribution in [0.4, 0.5) is 0 Å². The van der Waals surface area contributed by atoms with Crippen LogP contribution in [0.5, 0.6) is 28.7 Å². The standard InChI is InChI=1S/C27H32ClNO5/c1-4-29(5-2)14-15-34-22-12-8-18(9-13-22)25(26(28)19-6-10-21(30)11-7-19)20-16-23(31)27(32)24(17-20)33-3/h6-13,16-17,25-26,30-32H,4-5,14-15H2,1-3H3. The van der Waals surface area contributed by atoms with E-state index in [9.17, 15) is 15.3 Å². The maximum atomic E-state index is 10.3. The van der Waals surface area contributed by atoms with Crippen molar-refractivity contribution in [3.63, 3.8) is 0 Å². The molecule has 0 fully saturated rings. The van der Waals surface area contributed by atoms with Gasteiger partial charge in [0, 0.05) is 12.5 Å². The molecule has 6 nitrogen and oxygen atoms in total. The summed E-state index contributed by atoms with van der Waals surface area (Å²) < 4.78 is 11.2. The van der Waals surface area contributed by atoms with Crippen LogP contribution in [0, 0.1) is 0 Å². The molecule has 0 amide bonds. The number of hydrogen-bond donors (Lipinski definition) is 3. The molecular formula is C27H32ClNO5. The van der Waals surface area contributed by atoms with Gasteiger partial charge < -0.3 is 29.7 Å². The second-order valence-electron chi connectivity index (χ2n) is 8.01. The minimum atomic E-state index is -0.524. The average Bonchev–Trinajstić information content (AvgIpc) is 2.85. The number of halogens is 1. The SMILES string of the molecule is CCN(CC)CCOc1ccc(C(c2cc(O)c(O)c(OC)c2)C(Cl)c2ccc(O)cc2)cc1. The van der Waals surface area contributed by atoms with Gasteiger partial charge >= 0.3 is 0 Å². The summed E-state index contributed by atoms with van der Waals surface area (Å²) in [5.41, 5.74) is 2.38. The van der Waals surface area contributed by atoms with E-state index in [-0.39, 0.29) is 28.9 Å². The number of aromatic hydroxyl groups is 3. The topological polar surface area (TPSA) is 82.4 Å². The van der Waals surface area contributed by atoms with Crippen LogP contribution in [0.15, 0.2) is 60.7 Å². The van der Waals surface area contributed by atoms with E-state index >= 15 is 0 Å². The van der Waals surface area contributed by atoms with Crippen LogP contribution >= 0.6 is 11.6 Å². The first-order valence-electron chi connectivity index (χ1n) is 11.4. The fraction of sp³-hybridized carbons (Fsp3) is 0.333. The number of likely N-dealkylation sites (N-methyl/N-ethyl adjacent to an activating group) is 1. The van der Waals surface area contributed by atoms with Crippen molar-refractivity contribution in [3.05, 3.63) is 77.4 Å². The molecule has 0 aliphatic heterocycles. The predicted octanol–water partition coefficient (Wildman–Crippen LogP) is 5.64. The summed E-state index contributed by atoms with van der Waals surface area (Å²) in [4.78, 5) is 2.30. The number of benzene rings is 3. The highest BCUT2D eigenvalue weighted by molar-refractivity contribution is 6.21. The third-order valence-electron chi connectivity index (χ3n) is 5.97. The quantitative estimate of drug-likeness (QED) is 0.241. The molecule has 0 spiro atoms. The molecule has 0 aromatic heterocycles. The fourth-order valence-electron chi connectivity index (χ4n) is 3.93. The Balaban J connectivity index is 1.93. The third kappa shape index (κ3) is 6.07. The zero-order valence-corrected chi connectivity index (χ0v) is 20.5. The Kier molecular flexibility index (Phi) is 8.91. The molecule has 3 rings (SSSR count). The van der Waals surface area contributed by atoms with E-state index in [1.165, 1.54) is 13.2 Å². The molecule has 0 heterocycles. The van der Waals surface area contributed by atoms with E-state index in [2.05, 4.69) is 18.7 Å². The van der Waals surface area contributed by atoms with Crippen molar-refractivity contribution < 1.29 is 24.8 Å². The van der Waals surface area contributed by atoms with Crippen LogP contribution in [0.25, 0.3) is 0 Å². The van der Waals surface area contributed by atoms with Gasteiger partial charge in [-0.25, -0.2) is 0 Å². The van der Waals surface area contributed by atoms with Gasteiger partial charge in [-0.2, -0.15) is 0 Å². The minimum absolute atomic E-state index is 0.152. The fourth-order valence-corrected chi connectivity index (χ4v) is 4.37. The molecule has 182 valence electrons. The maximum Gasteiger partial charge on any atom is 0.200 e. The van der Waals surface area contributed by atoms with Crippen LogP contribution in [-0.2, 0) is 0 Å². The second-order valence-corrected chi connectivity index (χ2v) is 8.48. The van der Waals surface area contributed by atoms with Crippen molar-refractivity contribution in [3.8, 4) is 28.7 Å². The summed E-state index contributed by atoms with van der Waals surface area (Å²) in [5.74, 6) is 0.0844. The van der Waals surface area contributed by atoms with E-state index < -0.39 is 5.38 Å². The lowest BCUT2D eigenvalue weighted by atomic mass is 9.85. The summed E-state index contributed by atoms with van der Waals surface area (Å²) in [5, 5.41) is 29.5. The molecule has 0 radical (unpaired) electrons. The van der Waals surface area contributed by atoms with Gasteiger partial charge in [-0.3, -0.25) is 0 Å². The highest BCUT2D eigenvalue weighted by Gasteiger charge is 2.27. The Bertz CT molecular complexity index is 1050. The van der Waals surface area contributed by atoms with E-state index in [1.54, 1.807) is 30.3 Å². The predicted molar refractivity (Wildman–Crippen MR) is 135 cm³/mol. The van der Waals surface area contributed by atoms with Gasteiger partial charge in [0.1, 0.15) is 18.1 Å². The van der Waals surface area contributed by atoms with Gasteiger partial charge in [-0.05, 0) is 66.2 Å². The van der Waals surface area contributed by atoms with Crippen molar-refractivity contribution in [1.29, 1.82) is 0 Å². The monoisotopic (exact) mass is 485 g/mol. The molecular weight excluding hydrogens is 454 g/mol. The number of alkyl halides is 1. The van der Waals surface area contributed by atoms with Crippen molar-refractivity contribution >= 4 is 11.6 Å². The Morgan fingerprint density at radius 1 is 0.853 bits per heavy atom. The van der Waals surface area contributed by atoms with Crippen molar-refractivity contribution in [2.45, 2.75) is 25.1 Å². The van der Waals surface area contributed by atoms with Crippen molar-refractivity contribution in [2.75, 3.05) is 33.4 Å². The van der Waals surface area contributed by atoms with Gasteiger partial charge in [0.2, 0.25) is 5.75 Å². The zero-order valence-electron chi connectivity index (χ0n) is 19.7. The number of methoxy groups -OCH3 is 1. The number of nitrogens with zero attached hydrogens (tertiary/aromatic N) is 1. The molecule has 2 unspecified atom stereocenters. The lowest BCUT2D eigenvalue weighted by Crippen LogP contribution is -2.27. The number of phenolic OH excluding ortho intramolecular Hbond substituents is 3. The molecule has 2 atom stereocenters. The van der Waals surface area contributed by atoms with Crippen molar-refractivity contribution in [2.24, 2.45) is 0 Å². The van der Waals surface area contributed by atoms with Gasteiger partial charge in [0.05, 0.1) is 12.5 Å². The van der Waals surface area contributed by atoms with Crippen LogP contribution in [0.2, 0.25) is 0 Å². The first-order valence-corrected chi connectivity index (χ1v) is 11.8. The summed E-state index contributed by atoms with van der Waals surface area (Å²) >= 11 is 6.97. The number of rotatable bonds is 11. The Morgan fingerprint density at radius 3 is 2.06 bits per heavy atom. The summed E-state index contributed by atoms with van der Waals surface area (Å²) in [6.45, 7) is 7.68. The number of phenols is 3. The molecule has 0 aliphatic carbocycles. The van der Waals surface area contributed by atoms with E-state index in [0.29, 0.717) is 12.2 Å². The van der Waals surface area contributed by atoms with Crippen LogP contribution in [0.3, 0.4) is 0 Å². The first kappa shape index (κ1) is 25.5. The summed E-state index contributed by atoms with van der Waals surface area (Å²) in [6.07, 6.45) is 0. The Hall–Kier alpha value is -3.09. The minimum Gasteiger partial charge on any atom is -0.508 e. The maximum absolute atomic E-state index is 10.3. The highest BCUT2D eigenvalue weighted by atomic mass is 35.5. The molecule has 0 aliphatic rings. The van der Waals surface area contributed by atoms with E-state index in [4.69, 9.17) is 21.1 Å². The largest absolute Gasteiger partial charge is 0.508 e. The van der Waals surface area contributed by atoms with Crippen LogP contribution < -0.4 is 9.47 Å². The van der Waals surface area contributed by atoms with Gasteiger partial charge in [0.25, 0.3) is 0 Å². The van der Waals surface area contributed by atoms with E-state index in [0.717, 1.165) is 36.5 Å². The van der Waals surface area contributed by atoms with Gasteiger partial charge in [-0.15, -0.1) is 11.6 Å². The normalized spacial score (nSPS) is 13.0. The summed E-state index contributed by atoms with van der Waals surface area (Å²) in [6, 6.07) is 17.6. The second kappa shape index (κ2) is 11.9. The molecule has 7 heteroatoms. The number of hydrogen-bond acceptors (Lipinski definition) is 6. The van der Waals surface area contributed by atoms with Gasteiger partial charge in [0.15, 0.2) is 11.5 Å². The zero-order chi connectivity index (χ0) is 24.7. The number of ether oxygens (including phenoxy) is 2. The highest BCUT2D eigenvalue weighted by Crippen LogP contribution is 2.46. The summed E-state index contributed by atoms with van der Waals surface area (Å²) in [7, 11) is 1.43. The molecule has 3 aromatic carbocycles. The smallest absolute Gasteiger partial charge is 0.200 e. The average molecular weight is 486 g/mol. The molecule has 0 saturated carbocycles. The van der Waals surface area contributed by atoms with Gasteiger partial charge in [-0.1, -0.05) is 38.1 Å². The first-order chi connectivity index (χ1) is 16.4. The molecule has 3 aromatic rings.